The van der Waals surface area contributed by atoms with Crippen molar-refractivity contribution in [3.05, 3.63) is 57.1 Å². The lowest BCUT2D eigenvalue weighted by atomic mass is 10.0. The molecule has 2 aromatic rings. The second kappa shape index (κ2) is 5.13. The van der Waals surface area contributed by atoms with E-state index in [2.05, 4.69) is 53.3 Å². The number of aryl methyl sites for hydroxylation is 2. The zero-order chi connectivity index (χ0) is 14.3. The summed E-state index contributed by atoms with van der Waals surface area (Å²) in [5, 5.41) is 13.6. The average molecular weight is 332 g/mol. The van der Waals surface area contributed by atoms with Crippen LogP contribution < -0.4 is 5.32 Å². The second-order valence-electron chi connectivity index (χ2n) is 5.50. The molecule has 0 saturated heterocycles. The first-order chi connectivity index (χ1) is 9.56. The van der Waals surface area contributed by atoms with Crippen LogP contribution in [-0.4, -0.2) is 5.11 Å². The van der Waals surface area contributed by atoms with E-state index in [1.54, 1.807) is 6.07 Å². The maximum Gasteiger partial charge on any atom is 0.119 e. The van der Waals surface area contributed by atoms with E-state index < -0.39 is 0 Å². The van der Waals surface area contributed by atoms with Crippen molar-refractivity contribution < 1.29 is 5.11 Å². The van der Waals surface area contributed by atoms with Crippen molar-refractivity contribution in [1.29, 1.82) is 0 Å². The van der Waals surface area contributed by atoms with Crippen LogP contribution in [0.4, 0.5) is 5.69 Å². The lowest BCUT2D eigenvalue weighted by Crippen LogP contribution is -2.09. The largest absolute Gasteiger partial charge is 0.508 e. The Morgan fingerprint density at radius 3 is 2.60 bits per heavy atom. The summed E-state index contributed by atoms with van der Waals surface area (Å²) in [5.74, 6) is 0.427. The van der Waals surface area contributed by atoms with E-state index in [1.807, 2.05) is 6.07 Å². The van der Waals surface area contributed by atoms with Crippen molar-refractivity contribution in [2.45, 2.75) is 32.7 Å². The summed E-state index contributed by atoms with van der Waals surface area (Å²) in [5.41, 5.74) is 6.01. The first-order valence-electron chi connectivity index (χ1n) is 6.90. The highest BCUT2D eigenvalue weighted by atomic mass is 79.9. The molecule has 2 nitrogen and oxygen atoms in total. The number of nitrogens with one attached hydrogen (secondary N) is 1. The van der Waals surface area contributed by atoms with Crippen LogP contribution in [0.15, 0.2) is 34.8 Å². The van der Waals surface area contributed by atoms with Crippen LogP contribution in [0.2, 0.25) is 0 Å². The molecule has 0 fully saturated rings. The predicted octanol–water partition coefficient (Wildman–Crippen LogP) is 4.87. The summed E-state index contributed by atoms with van der Waals surface area (Å²) in [4.78, 5) is 0. The highest BCUT2D eigenvalue weighted by Crippen LogP contribution is 2.39. The number of benzene rings is 2. The van der Waals surface area contributed by atoms with Gasteiger partial charge in [0.2, 0.25) is 0 Å². The minimum atomic E-state index is 0.288. The number of phenolic OH excluding ortho intramolecular Hbond substituents is 1. The molecule has 1 aliphatic carbocycles. The molecule has 0 spiro atoms. The summed E-state index contributed by atoms with van der Waals surface area (Å²) >= 11 is 3.53. The minimum Gasteiger partial charge on any atom is -0.508 e. The summed E-state index contributed by atoms with van der Waals surface area (Å²) in [7, 11) is 0. The van der Waals surface area contributed by atoms with Gasteiger partial charge in [0.15, 0.2) is 0 Å². The van der Waals surface area contributed by atoms with Crippen molar-refractivity contribution in [2.75, 3.05) is 5.32 Å². The molecule has 3 heteroatoms. The highest BCUT2D eigenvalue weighted by Gasteiger charge is 2.25. The van der Waals surface area contributed by atoms with Gasteiger partial charge in [0, 0.05) is 10.2 Å². The molecule has 1 unspecified atom stereocenters. The van der Waals surface area contributed by atoms with E-state index in [9.17, 15) is 5.11 Å². The van der Waals surface area contributed by atoms with Gasteiger partial charge < -0.3 is 10.4 Å². The quantitative estimate of drug-likeness (QED) is 0.822. The summed E-state index contributed by atoms with van der Waals surface area (Å²) in [6, 6.07) is 10.4. The van der Waals surface area contributed by atoms with Crippen molar-refractivity contribution in [3.63, 3.8) is 0 Å². The number of anilines is 1. The van der Waals surface area contributed by atoms with Gasteiger partial charge in [0.25, 0.3) is 0 Å². The fourth-order valence-corrected chi connectivity index (χ4v) is 3.78. The Hall–Kier alpha value is -1.48. The van der Waals surface area contributed by atoms with E-state index in [-0.39, 0.29) is 6.04 Å². The molecule has 20 heavy (non-hydrogen) atoms. The van der Waals surface area contributed by atoms with Crippen LogP contribution in [0.1, 0.15) is 34.7 Å². The minimum absolute atomic E-state index is 0.288. The molecule has 2 aromatic carbocycles. The molecule has 0 radical (unpaired) electrons. The second-order valence-corrected chi connectivity index (χ2v) is 6.41. The molecular formula is C17H18BrNO. The Kier molecular flexibility index (Phi) is 3.47. The van der Waals surface area contributed by atoms with Gasteiger partial charge in [-0.1, -0.05) is 28.1 Å². The van der Waals surface area contributed by atoms with Gasteiger partial charge in [-0.2, -0.15) is 0 Å². The number of halogens is 1. The fraction of sp³-hybridized carbons (Fsp3) is 0.294. The van der Waals surface area contributed by atoms with E-state index in [4.69, 9.17) is 0 Å². The van der Waals surface area contributed by atoms with E-state index in [1.165, 1.54) is 22.4 Å². The van der Waals surface area contributed by atoms with E-state index >= 15 is 0 Å². The lowest BCUT2D eigenvalue weighted by molar-refractivity contribution is 0.469. The highest BCUT2D eigenvalue weighted by molar-refractivity contribution is 9.10. The van der Waals surface area contributed by atoms with Crippen LogP contribution in [0.25, 0.3) is 0 Å². The molecule has 3 rings (SSSR count). The van der Waals surface area contributed by atoms with E-state index in [0.29, 0.717) is 5.75 Å². The smallest absolute Gasteiger partial charge is 0.119 e. The Morgan fingerprint density at radius 2 is 1.90 bits per heavy atom. The third-order valence-electron chi connectivity index (χ3n) is 4.06. The Balaban J connectivity index is 1.94. The Bertz CT molecular complexity index is 643. The van der Waals surface area contributed by atoms with Gasteiger partial charge in [0.05, 0.1) is 6.04 Å². The molecular weight excluding hydrogens is 314 g/mol. The van der Waals surface area contributed by atoms with Crippen molar-refractivity contribution >= 4 is 21.6 Å². The average Bonchev–Trinajstić information content (AvgIpc) is 2.78. The van der Waals surface area contributed by atoms with Gasteiger partial charge in [0.1, 0.15) is 5.75 Å². The lowest BCUT2D eigenvalue weighted by Gasteiger charge is -2.20. The zero-order valence-corrected chi connectivity index (χ0v) is 13.3. The van der Waals surface area contributed by atoms with Crippen LogP contribution in [0, 0.1) is 13.8 Å². The third-order valence-corrected chi connectivity index (χ3v) is 4.52. The van der Waals surface area contributed by atoms with Crippen molar-refractivity contribution in [2.24, 2.45) is 0 Å². The first-order valence-corrected chi connectivity index (χ1v) is 7.69. The summed E-state index contributed by atoms with van der Waals surface area (Å²) in [6.45, 7) is 4.25. The molecule has 0 saturated carbocycles. The van der Waals surface area contributed by atoms with Gasteiger partial charge in [-0.15, -0.1) is 0 Å². The Labute approximate surface area is 128 Å². The molecule has 0 aromatic heterocycles. The van der Waals surface area contributed by atoms with Gasteiger partial charge in [-0.3, -0.25) is 0 Å². The number of rotatable bonds is 2. The molecule has 0 bridgehead atoms. The van der Waals surface area contributed by atoms with Gasteiger partial charge in [-0.05, 0) is 67.1 Å². The normalized spacial score (nSPS) is 17.1. The van der Waals surface area contributed by atoms with Crippen LogP contribution >= 0.6 is 15.9 Å². The van der Waals surface area contributed by atoms with E-state index in [0.717, 1.165) is 22.9 Å². The number of phenols is 1. The van der Waals surface area contributed by atoms with Crippen LogP contribution in [0.5, 0.6) is 5.75 Å². The molecule has 0 aliphatic heterocycles. The number of fused-ring (bicyclic) bond motifs is 1. The monoisotopic (exact) mass is 331 g/mol. The topological polar surface area (TPSA) is 32.3 Å². The molecule has 0 amide bonds. The standard InChI is InChI=1S/C17H18BrNO/c1-10-8-12(18)9-11(2)17(10)19-15-7-6-14-13(15)4-3-5-16(14)20/h3-5,8-9,15,19-20H,6-7H2,1-2H3. The first kappa shape index (κ1) is 13.5. The SMILES string of the molecule is Cc1cc(Br)cc(C)c1NC1CCc2c(O)cccc21. The van der Waals surface area contributed by atoms with Gasteiger partial charge in [-0.25, -0.2) is 0 Å². The molecule has 0 heterocycles. The number of hydrogen-bond acceptors (Lipinski definition) is 2. The number of hydrogen-bond donors (Lipinski definition) is 2. The molecule has 1 aliphatic rings. The maximum absolute atomic E-state index is 9.93. The zero-order valence-electron chi connectivity index (χ0n) is 11.7. The summed E-state index contributed by atoms with van der Waals surface area (Å²) in [6.07, 6.45) is 1.97. The van der Waals surface area contributed by atoms with Crippen molar-refractivity contribution in [3.8, 4) is 5.75 Å². The number of aromatic hydroxyl groups is 1. The maximum atomic E-state index is 9.93. The Morgan fingerprint density at radius 1 is 1.20 bits per heavy atom. The predicted molar refractivity (Wildman–Crippen MR) is 86.4 cm³/mol. The summed E-state index contributed by atoms with van der Waals surface area (Å²) < 4.78 is 1.11. The fourth-order valence-electron chi connectivity index (χ4n) is 3.10. The van der Waals surface area contributed by atoms with Gasteiger partial charge >= 0.3 is 0 Å². The van der Waals surface area contributed by atoms with Crippen LogP contribution in [0.3, 0.4) is 0 Å². The van der Waals surface area contributed by atoms with Crippen LogP contribution in [-0.2, 0) is 6.42 Å². The molecule has 104 valence electrons. The van der Waals surface area contributed by atoms with Crippen molar-refractivity contribution in [1.82, 2.24) is 0 Å². The molecule has 1 atom stereocenters. The third kappa shape index (κ3) is 2.31. The molecule has 2 N–H and O–H groups in total.